The van der Waals surface area contributed by atoms with Crippen LogP contribution in [0.1, 0.15) is 41.3 Å². The van der Waals surface area contributed by atoms with Crippen molar-refractivity contribution in [2.45, 2.75) is 40.2 Å². The van der Waals surface area contributed by atoms with Crippen LogP contribution in [-0.4, -0.2) is 16.9 Å². The molecule has 0 bridgehead atoms. The van der Waals surface area contributed by atoms with E-state index in [0.29, 0.717) is 10.6 Å². The second kappa shape index (κ2) is 5.17. The van der Waals surface area contributed by atoms with Crippen LogP contribution < -0.4 is 11.1 Å². The summed E-state index contributed by atoms with van der Waals surface area (Å²) in [5.74, 6) is -0.0925. The molecule has 0 aliphatic heterocycles. The smallest absolute Gasteiger partial charge is 0.263 e. The van der Waals surface area contributed by atoms with Gasteiger partial charge >= 0.3 is 0 Å². The highest BCUT2D eigenvalue weighted by molar-refractivity contribution is 7.21. The number of carbonyl (C=O) groups excluding carboxylic acids is 1. The third-order valence-electron chi connectivity index (χ3n) is 3.21. The predicted molar refractivity (Wildman–Crippen MR) is 80.7 cm³/mol. The summed E-state index contributed by atoms with van der Waals surface area (Å²) in [6.45, 7) is 7.89. The van der Waals surface area contributed by atoms with Crippen LogP contribution in [-0.2, 0) is 0 Å². The first-order valence-electron chi connectivity index (χ1n) is 6.41. The second-order valence-electron chi connectivity index (χ2n) is 4.85. The van der Waals surface area contributed by atoms with E-state index in [0.717, 1.165) is 27.9 Å². The number of thiophene rings is 1. The molecule has 102 valence electrons. The summed E-state index contributed by atoms with van der Waals surface area (Å²) in [6, 6.07) is 2.13. The quantitative estimate of drug-likeness (QED) is 0.906. The van der Waals surface area contributed by atoms with Gasteiger partial charge < -0.3 is 11.1 Å². The monoisotopic (exact) mass is 277 g/mol. The number of pyridine rings is 1. The lowest BCUT2D eigenvalue weighted by atomic mass is 10.2. The number of amides is 1. The number of nitrogens with one attached hydrogen (secondary N) is 1. The molecule has 1 atom stereocenters. The standard InChI is InChI=1S/C14H19N3OS/c1-5-7(2)17-14(18)13-12(15)11-9(4)16-8(3)6-10(11)19-13/h6-7H,5,15H2,1-4H3,(H,17,18). The first-order chi connectivity index (χ1) is 8.93. The minimum Gasteiger partial charge on any atom is -0.397 e. The zero-order valence-corrected chi connectivity index (χ0v) is 12.5. The van der Waals surface area contributed by atoms with E-state index in [2.05, 4.69) is 10.3 Å². The number of carbonyl (C=O) groups is 1. The lowest BCUT2D eigenvalue weighted by Crippen LogP contribution is -2.31. The Balaban J connectivity index is 2.48. The maximum absolute atomic E-state index is 12.2. The fourth-order valence-electron chi connectivity index (χ4n) is 2.04. The zero-order chi connectivity index (χ0) is 14.2. The van der Waals surface area contributed by atoms with E-state index in [1.807, 2.05) is 33.8 Å². The molecule has 2 aromatic rings. The largest absolute Gasteiger partial charge is 0.397 e. The summed E-state index contributed by atoms with van der Waals surface area (Å²) in [5.41, 5.74) is 8.49. The fraction of sp³-hybridized carbons (Fsp3) is 0.429. The van der Waals surface area contributed by atoms with Crippen LogP contribution >= 0.6 is 11.3 Å². The number of nitrogens with two attached hydrogens (primary N) is 1. The highest BCUT2D eigenvalue weighted by atomic mass is 32.1. The van der Waals surface area contributed by atoms with E-state index < -0.39 is 0 Å². The SMILES string of the molecule is CCC(C)NC(=O)c1sc2cc(C)nc(C)c2c1N. The maximum atomic E-state index is 12.2. The number of nitrogen functional groups attached to an aromatic ring is 1. The van der Waals surface area contributed by atoms with E-state index in [9.17, 15) is 4.79 Å². The van der Waals surface area contributed by atoms with Crippen LogP contribution in [0.5, 0.6) is 0 Å². The number of anilines is 1. The van der Waals surface area contributed by atoms with Gasteiger partial charge in [-0.1, -0.05) is 6.92 Å². The Kier molecular flexibility index (Phi) is 3.75. The molecule has 0 radical (unpaired) electrons. The molecular weight excluding hydrogens is 258 g/mol. The molecule has 0 aliphatic rings. The molecule has 0 saturated heterocycles. The Morgan fingerprint density at radius 3 is 2.84 bits per heavy atom. The Hall–Kier alpha value is -1.62. The van der Waals surface area contributed by atoms with Crippen molar-refractivity contribution >= 4 is 33.0 Å². The summed E-state index contributed by atoms with van der Waals surface area (Å²) in [4.78, 5) is 17.2. The molecular formula is C14H19N3OS. The van der Waals surface area contributed by atoms with E-state index in [1.165, 1.54) is 11.3 Å². The van der Waals surface area contributed by atoms with Crippen molar-refractivity contribution < 1.29 is 4.79 Å². The van der Waals surface area contributed by atoms with Crippen LogP contribution in [0, 0.1) is 13.8 Å². The minimum atomic E-state index is -0.0925. The summed E-state index contributed by atoms with van der Waals surface area (Å²) in [7, 11) is 0. The summed E-state index contributed by atoms with van der Waals surface area (Å²) in [5, 5.41) is 3.86. The summed E-state index contributed by atoms with van der Waals surface area (Å²) in [6.07, 6.45) is 0.899. The van der Waals surface area contributed by atoms with E-state index in [-0.39, 0.29) is 11.9 Å². The predicted octanol–water partition coefficient (Wildman–Crippen LogP) is 3.02. The normalized spacial score (nSPS) is 12.6. The molecule has 4 nitrogen and oxygen atoms in total. The highest BCUT2D eigenvalue weighted by Gasteiger charge is 2.19. The third-order valence-corrected chi connectivity index (χ3v) is 4.37. The van der Waals surface area contributed by atoms with Gasteiger partial charge in [-0.2, -0.15) is 0 Å². The van der Waals surface area contributed by atoms with E-state index in [1.54, 1.807) is 0 Å². The molecule has 3 N–H and O–H groups in total. The van der Waals surface area contributed by atoms with Gasteiger partial charge in [0.05, 0.1) is 5.69 Å². The molecule has 2 aromatic heterocycles. The average Bonchev–Trinajstić information content (AvgIpc) is 2.66. The Morgan fingerprint density at radius 1 is 1.53 bits per heavy atom. The van der Waals surface area contributed by atoms with Crippen LogP contribution in [0.15, 0.2) is 6.07 Å². The van der Waals surface area contributed by atoms with Crippen molar-refractivity contribution in [3.05, 3.63) is 22.3 Å². The topological polar surface area (TPSA) is 68.0 Å². The molecule has 2 heterocycles. The summed E-state index contributed by atoms with van der Waals surface area (Å²) >= 11 is 1.44. The van der Waals surface area contributed by atoms with Crippen molar-refractivity contribution in [2.75, 3.05) is 5.73 Å². The van der Waals surface area contributed by atoms with Gasteiger partial charge in [0, 0.05) is 27.5 Å². The van der Waals surface area contributed by atoms with Crippen LogP contribution in [0.3, 0.4) is 0 Å². The lowest BCUT2D eigenvalue weighted by Gasteiger charge is -2.10. The highest BCUT2D eigenvalue weighted by Crippen LogP contribution is 2.35. The molecule has 19 heavy (non-hydrogen) atoms. The zero-order valence-electron chi connectivity index (χ0n) is 11.7. The van der Waals surface area contributed by atoms with Crippen LogP contribution in [0.2, 0.25) is 0 Å². The van der Waals surface area contributed by atoms with Crippen molar-refractivity contribution in [1.29, 1.82) is 0 Å². The lowest BCUT2D eigenvalue weighted by molar-refractivity contribution is 0.0944. The summed E-state index contributed by atoms with van der Waals surface area (Å²) < 4.78 is 1.02. The van der Waals surface area contributed by atoms with Gasteiger partial charge in [-0.05, 0) is 33.3 Å². The van der Waals surface area contributed by atoms with Crippen LogP contribution in [0.25, 0.3) is 10.1 Å². The van der Waals surface area contributed by atoms with Crippen molar-refractivity contribution in [1.82, 2.24) is 10.3 Å². The molecule has 2 rings (SSSR count). The van der Waals surface area contributed by atoms with Gasteiger partial charge in [0.25, 0.3) is 5.91 Å². The minimum absolute atomic E-state index is 0.0925. The molecule has 0 aliphatic carbocycles. The van der Waals surface area contributed by atoms with Gasteiger partial charge in [0.1, 0.15) is 4.88 Å². The number of hydrogen-bond donors (Lipinski definition) is 2. The average molecular weight is 277 g/mol. The van der Waals surface area contributed by atoms with Crippen molar-refractivity contribution in [2.24, 2.45) is 0 Å². The van der Waals surface area contributed by atoms with Gasteiger partial charge in [-0.15, -0.1) is 11.3 Å². The third kappa shape index (κ3) is 2.56. The van der Waals surface area contributed by atoms with Crippen LogP contribution in [0.4, 0.5) is 5.69 Å². The first-order valence-corrected chi connectivity index (χ1v) is 7.22. The number of fused-ring (bicyclic) bond motifs is 1. The van der Waals surface area contributed by atoms with Gasteiger partial charge in [0.2, 0.25) is 0 Å². The first kappa shape index (κ1) is 13.8. The van der Waals surface area contributed by atoms with Gasteiger partial charge in [-0.25, -0.2) is 0 Å². The maximum Gasteiger partial charge on any atom is 0.263 e. The number of hydrogen-bond acceptors (Lipinski definition) is 4. The van der Waals surface area contributed by atoms with E-state index in [4.69, 9.17) is 5.73 Å². The second-order valence-corrected chi connectivity index (χ2v) is 5.90. The van der Waals surface area contributed by atoms with Crippen molar-refractivity contribution in [3.63, 3.8) is 0 Å². The fourth-order valence-corrected chi connectivity index (χ4v) is 3.21. The van der Waals surface area contributed by atoms with Gasteiger partial charge in [-0.3, -0.25) is 9.78 Å². The number of aryl methyl sites for hydroxylation is 2. The molecule has 0 aromatic carbocycles. The number of nitrogens with zero attached hydrogens (tertiary/aromatic N) is 1. The number of rotatable bonds is 3. The molecule has 0 fully saturated rings. The van der Waals surface area contributed by atoms with Gasteiger partial charge in [0.15, 0.2) is 0 Å². The number of aromatic nitrogens is 1. The molecule has 0 saturated carbocycles. The Labute approximate surface area is 117 Å². The van der Waals surface area contributed by atoms with E-state index >= 15 is 0 Å². The molecule has 0 spiro atoms. The molecule has 1 amide bonds. The molecule has 1 unspecified atom stereocenters. The molecule has 5 heteroatoms. The Bertz CT molecular complexity index is 633. The Morgan fingerprint density at radius 2 is 2.21 bits per heavy atom. The van der Waals surface area contributed by atoms with Crippen molar-refractivity contribution in [3.8, 4) is 0 Å².